The third-order valence-electron chi connectivity index (χ3n) is 7.24. The number of rotatable bonds is 5. The molecule has 1 unspecified atom stereocenters. The molecular weight excluding hydrogens is 403 g/mol. The van der Waals surface area contributed by atoms with Gasteiger partial charge in [0.05, 0.1) is 0 Å². The Balaban J connectivity index is 2.49. The van der Waals surface area contributed by atoms with Crippen molar-refractivity contribution in [3.63, 3.8) is 0 Å². The van der Waals surface area contributed by atoms with Gasteiger partial charge in [-0.15, -0.1) is 0 Å². The van der Waals surface area contributed by atoms with E-state index in [1.807, 2.05) is 0 Å². The van der Waals surface area contributed by atoms with Gasteiger partial charge in [0.1, 0.15) is 0 Å². The lowest BCUT2D eigenvalue weighted by molar-refractivity contribution is 0.285. The molecule has 0 aliphatic carbocycles. The molecule has 3 rings (SSSR count). The standard InChI is InChI=1S/C28H45BN2Si/c1-18(2)30(19(3)4)29-31(28(11,12)13)32(29,26-22(7)14-20(5)15-23(26)8)27-24(9)16-21(6)17-25(27)10/h14-19H,1-13H3. The van der Waals surface area contributed by atoms with Crippen molar-refractivity contribution in [2.24, 2.45) is 0 Å². The minimum absolute atomic E-state index is 0.0897. The van der Waals surface area contributed by atoms with Crippen molar-refractivity contribution in [2.75, 3.05) is 0 Å². The normalized spacial score (nSPS) is 18.2. The van der Waals surface area contributed by atoms with Crippen LogP contribution in [0.3, 0.4) is 0 Å². The number of nitrogens with zero attached hydrogens (tertiary/aromatic N) is 2. The van der Waals surface area contributed by atoms with Crippen LogP contribution in [0, 0.1) is 41.5 Å². The highest BCUT2D eigenvalue weighted by Gasteiger charge is 2.77. The van der Waals surface area contributed by atoms with Crippen LogP contribution < -0.4 is 10.4 Å². The predicted octanol–water partition coefficient (Wildman–Crippen LogP) is 5.40. The summed E-state index contributed by atoms with van der Waals surface area (Å²) in [4.78, 5) is 2.80. The van der Waals surface area contributed by atoms with E-state index in [-0.39, 0.29) is 5.54 Å². The SMILES string of the molecule is Cc1cc(C)c([Si]2(c3c(C)cc(C)cc3C)B(N(C(C)C)C(C)C)N2C(C)(C)C)c(C)c1. The number of hydrogen-bond acceptors (Lipinski definition) is 2. The number of benzene rings is 2. The van der Waals surface area contributed by atoms with E-state index in [4.69, 9.17) is 0 Å². The summed E-state index contributed by atoms with van der Waals surface area (Å²) in [5.41, 5.74) is 8.71. The Morgan fingerprint density at radius 1 is 0.688 bits per heavy atom. The van der Waals surface area contributed by atoms with Crippen LogP contribution >= 0.6 is 0 Å². The molecule has 32 heavy (non-hydrogen) atoms. The van der Waals surface area contributed by atoms with E-state index >= 15 is 0 Å². The summed E-state index contributed by atoms with van der Waals surface area (Å²) < 4.78 is 2.94. The fraction of sp³-hybridized carbons (Fsp3) is 0.571. The minimum Gasteiger partial charge on any atom is -0.343 e. The maximum absolute atomic E-state index is 2.94. The average Bonchev–Trinajstić information content (AvgIpc) is 3.21. The van der Waals surface area contributed by atoms with Crippen LogP contribution in [0.15, 0.2) is 24.3 Å². The van der Waals surface area contributed by atoms with Crippen LogP contribution in [0.5, 0.6) is 0 Å². The zero-order valence-corrected chi connectivity index (χ0v) is 23.9. The molecule has 2 aromatic rings. The summed E-state index contributed by atoms with van der Waals surface area (Å²) >= 11 is 0. The molecule has 0 amide bonds. The van der Waals surface area contributed by atoms with Crippen LogP contribution in [0.4, 0.5) is 0 Å². The van der Waals surface area contributed by atoms with Gasteiger partial charge in [0.25, 0.3) is 0 Å². The topological polar surface area (TPSA) is 6.25 Å². The molecule has 2 aromatic carbocycles. The first kappa shape index (κ1) is 25.3. The van der Waals surface area contributed by atoms with Crippen LogP contribution in [-0.2, 0) is 0 Å². The minimum atomic E-state index is -2.25. The van der Waals surface area contributed by atoms with Crippen molar-refractivity contribution in [3.05, 3.63) is 57.6 Å². The van der Waals surface area contributed by atoms with Crippen molar-refractivity contribution in [1.29, 1.82) is 0 Å². The zero-order chi connectivity index (χ0) is 24.3. The molecule has 1 atom stereocenters. The predicted molar refractivity (Wildman–Crippen MR) is 146 cm³/mol. The van der Waals surface area contributed by atoms with Crippen molar-refractivity contribution < 1.29 is 0 Å². The van der Waals surface area contributed by atoms with Gasteiger partial charge in [0.15, 0.2) is 8.11 Å². The van der Waals surface area contributed by atoms with Gasteiger partial charge in [-0.05, 0) is 90.3 Å². The fourth-order valence-corrected chi connectivity index (χ4v) is 14.4. The van der Waals surface area contributed by atoms with Gasteiger partial charge < -0.3 is 9.29 Å². The second-order valence-electron chi connectivity index (χ2n) is 11.9. The molecule has 0 radical (unpaired) electrons. The fourth-order valence-electron chi connectivity index (χ4n) is 6.87. The van der Waals surface area contributed by atoms with Crippen molar-refractivity contribution in [3.8, 4) is 0 Å². The van der Waals surface area contributed by atoms with Gasteiger partial charge in [-0.25, -0.2) is 0 Å². The van der Waals surface area contributed by atoms with Crippen molar-refractivity contribution >= 4 is 25.1 Å². The second-order valence-corrected chi connectivity index (χ2v) is 15.4. The highest BCUT2D eigenvalue weighted by Crippen LogP contribution is 2.45. The second kappa shape index (κ2) is 8.45. The molecule has 0 saturated carbocycles. The zero-order valence-electron chi connectivity index (χ0n) is 22.9. The highest BCUT2D eigenvalue weighted by atomic mass is 28.3. The summed E-state index contributed by atoms with van der Waals surface area (Å²) in [6, 6.07) is 10.7. The lowest BCUT2D eigenvalue weighted by atomic mass is 9.94. The highest BCUT2D eigenvalue weighted by molar-refractivity contribution is 7.56. The molecule has 0 aromatic heterocycles. The summed E-state index contributed by atoms with van der Waals surface area (Å²) in [6.07, 6.45) is 0. The molecule has 174 valence electrons. The van der Waals surface area contributed by atoms with Crippen molar-refractivity contribution in [2.45, 2.75) is 108 Å². The van der Waals surface area contributed by atoms with E-state index < -0.39 is 8.11 Å². The van der Waals surface area contributed by atoms with Crippen LogP contribution in [0.25, 0.3) is 0 Å². The quantitative estimate of drug-likeness (QED) is 0.447. The number of aryl methyl sites for hydroxylation is 6. The molecule has 0 bridgehead atoms. The van der Waals surface area contributed by atoms with E-state index in [2.05, 4.69) is 124 Å². The van der Waals surface area contributed by atoms with Gasteiger partial charge >= 0.3 is 6.57 Å². The lowest BCUT2D eigenvalue weighted by Gasteiger charge is -2.32. The molecule has 1 aliphatic rings. The Morgan fingerprint density at radius 2 is 1.00 bits per heavy atom. The summed E-state index contributed by atoms with van der Waals surface area (Å²) in [5, 5.41) is 3.29. The molecule has 1 aliphatic heterocycles. The molecule has 1 saturated heterocycles. The monoisotopic (exact) mass is 448 g/mol. The molecule has 1 fully saturated rings. The number of hydrogen-bond donors (Lipinski definition) is 0. The Labute approximate surface area is 199 Å². The van der Waals surface area contributed by atoms with Crippen LogP contribution in [0.2, 0.25) is 0 Å². The average molecular weight is 449 g/mol. The van der Waals surface area contributed by atoms with E-state index in [9.17, 15) is 0 Å². The maximum Gasteiger partial charge on any atom is 0.318 e. The Bertz CT molecular complexity index is 907. The Hall–Kier alpha value is -1.36. The van der Waals surface area contributed by atoms with Gasteiger partial charge in [-0.3, -0.25) is 0 Å². The maximum atomic E-state index is 2.94. The van der Waals surface area contributed by atoms with Gasteiger partial charge in [-0.2, -0.15) is 0 Å². The molecule has 2 nitrogen and oxygen atoms in total. The molecule has 0 N–H and O–H groups in total. The van der Waals surface area contributed by atoms with Crippen LogP contribution in [-0.4, -0.2) is 41.6 Å². The smallest absolute Gasteiger partial charge is 0.318 e. The van der Waals surface area contributed by atoms with Gasteiger partial charge in [-0.1, -0.05) is 85.3 Å². The van der Waals surface area contributed by atoms with E-state index in [1.165, 1.54) is 33.4 Å². The molecule has 1 heterocycles. The first-order chi connectivity index (χ1) is 14.6. The summed E-state index contributed by atoms with van der Waals surface area (Å²) in [7, 11) is -2.25. The van der Waals surface area contributed by atoms with Crippen molar-refractivity contribution in [1.82, 2.24) is 9.29 Å². The molecule has 0 spiro atoms. The third-order valence-corrected chi connectivity index (χ3v) is 13.1. The third kappa shape index (κ3) is 3.93. The summed E-state index contributed by atoms with van der Waals surface area (Å²) in [6.45, 7) is 31.1. The van der Waals surface area contributed by atoms with Gasteiger partial charge in [0, 0.05) is 0 Å². The van der Waals surface area contributed by atoms with E-state index in [0.717, 1.165) is 0 Å². The Kier molecular flexibility index (Phi) is 6.67. The summed E-state index contributed by atoms with van der Waals surface area (Å²) in [5.74, 6) is 0. The molecular formula is C28H45BN2Si. The first-order valence-corrected chi connectivity index (χ1v) is 14.4. The Morgan fingerprint density at radius 3 is 1.25 bits per heavy atom. The molecule has 4 heteroatoms. The lowest BCUT2D eigenvalue weighted by Crippen LogP contribution is -2.61. The first-order valence-electron chi connectivity index (χ1n) is 12.4. The van der Waals surface area contributed by atoms with E-state index in [0.29, 0.717) is 18.7 Å². The van der Waals surface area contributed by atoms with Crippen LogP contribution in [0.1, 0.15) is 81.8 Å². The van der Waals surface area contributed by atoms with Gasteiger partial charge in [0.2, 0.25) is 0 Å². The largest absolute Gasteiger partial charge is 0.343 e. The van der Waals surface area contributed by atoms with E-state index in [1.54, 1.807) is 10.4 Å².